The van der Waals surface area contributed by atoms with E-state index in [9.17, 15) is 19.8 Å². The number of carbonyl (C=O) groups is 2. The molecule has 0 aromatic heterocycles. The van der Waals surface area contributed by atoms with Gasteiger partial charge in [0.15, 0.2) is 5.78 Å². The number of fused-ring (bicyclic) bond motifs is 1. The fourth-order valence-electron chi connectivity index (χ4n) is 4.63. The minimum Gasteiger partial charge on any atom is -0.508 e. The molecule has 0 saturated carbocycles. The van der Waals surface area contributed by atoms with E-state index < -0.39 is 6.10 Å². The van der Waals surface area contributed by atoms with Crippen LogP contribution in [0.4, 0.5) is 0 Å². The molecule has 2 unspecified atom stereocenters. The summed E-state index contributed by atoms with van der Waals surface area (Å²) in [6.07, 6.45) is 4.43. The molecule has 2 aromatic rings. The number of Topliss-reactive ketones (excluding diaryl/α,β-unsaturated/α-hetero) is 1. The Balaban J connectivity index is 0.989. The van der Waals surface area contributed by atoms with Crippen LogP contribution >= 0.6 is 21.6 Å². The third-order valence-electron chi connectivity index (χ3n) is 6.85. The number of phenols is 2. The molecule has 43 heavy (non-hydrogen) atoms. The molecule has 2 aromatic carbocycles. The SMILES string of the molecule is O=C(CCCCC1CCSS1)OCCOCCOCCOCCOc1cc(O)c2c(c1)OC(c1ccc(O)cc1)CC2=O. The van der Waals surface area contributed by atoms with Crippen molar-refractivity contribution in [1.29, 1.82) is 0 Å². The molecule has 4 rings (SSSR count). The van der Waals surface area contributed by atoms with Gasteiger partial charge in [0.1, 0.15) is 47.9 Å². The zero-order valence-corrected chi connectivity index (χ0v) is 25.8. The van der Waals surface area contributed by atoms with E-state index in [1.165, 1.54) is 36.8 Å². The van der Waals surface area contributed by atoms with Gasteiger partial charge in [-0.2, -0.15) is 0 Å². The molecule has 0 radical (unpaired) electrons. The van der Waals surface area contributed by atoms with Gasteiger partial charge in [-0.15, -0.1) is 0 Å². The molecule has 1 fully saturated rings. The lowest BCUT2D eigenvalue weighted by atomic mass is 9.95. The zero-order chi connectivity index (χ0) is 30.3. The van der Waals surface area contributed by atoms with Crippen molar-refractivity contribution in [2.24, 2.45) is 0 Å². The second-order valence-electron chi connectivity index (χ2n) is 10.1. The van der Waals surface area contributed by atoms with Gasteiger partial charge in [0.2, 0.25) is 0 Å². The second kappa shape index (κ2) is 18.2. The van der Waals surface area contributed by atoms with Crippen LogP contribution in [0.3, 0.4) is 0 Å². The van der Waals surface area contributed by atoms with Crippen LogP contribution < -0.4 is 9.47 Å². The molecule has 1 saturated heterocycles. The number of carbonyl (C=O) groups excluding carboxylic acids is 2. The Labute approximate surface area is 260 Å². The maximum Gasteiger partial charge on any atom is 0.305 e. The highest BCUT2D eigenvalue weighted by atomic mass is 33.1. The van der Waals surface area contributed by atoms with Crippen molar-refractivity contribution in [3.63, 3.8) is 0 Å². The number of ether oxygens (including phenoxy) is 6. The van der Waals surface area contributed by atoms with Crippen LogP contribution in [-0.4, -0.2) is 85.8 Å². The van der Waals surface area contributed by atoms with Crippen LogP contribution in [0, 0.1) is 0 Å². The summed E-state index contributed by atoms with van der Waals surface area (Å²) in [5.74, 6) is 1.39. The van der Waals surface area contributed by atoms with Crippen LogP contribution in [-0.2, 0) is 23.7 Å². The van der Waals surface area contributed by atoms with Crippen molar-refractivity contribution in [1.82, 2.24) is 0 Å². The first kappa shape index (κ1) is 33.3. The molecule has 0 amide bonds. The van der Waals surface area contributed by atoms with E-state index in [-0.39, 0.29) is 54.2 Å². The summed E-state index contributed by atoms with van der Waals surface area (Å²) in [7, 11) is 3.92. The fourth-order valence-corrected chi connectivity index (χ4v) is 7.65. The number of hydrogen-bond donors (Lipinski definition) is 2. The van der Waals surface area contributed by atoms with Gasteiger partial charge in [-0.25, -0.2) is 0 Å². The van der Waals surface area contributed by atoms with Crippen molar-refractivity contribution >= 4 is 33.3 Å². The standard InChI is InChI=1S/C31H40O10S2/c32-23-7-5-22(6-8-23)28-21-27(34)31-26(33)19-24(20-29(31)41-28)39-16-14-37-12-10-36-11-13-38-15-17-40-30(35)4-2-1-3-25-9-18-42-43-25/h5-8,19-20,25,28,32-33H,1-4,9-18,21H2. The summed E-state index contributed by atoms with van der Waals surface area (Å²) in [5.41, 5.74) is 0.888. The number of rotatable bonds is 19. The molecule has 0 aliphatic carbocycles. The van der Waals surface area contributed by atoms with E-state index in [1.54, 1.807) is 18.2 Å². The Morgan fingerprint density at radius 2 is 1.60 bits per heavy atom. The van der Waals surface area contributed by atoms with Gasteiger partial charge in [-0.1, -0.05) is 40.1 Å². The Bertz CT molecular complexity index is 1150. The van der Waals surface area contributed by atoms with E-state index in [2.05, 4.69) is 0 Å². The van der Waals surface area contributed by atoms with E-state index in [0.717, 1.165) is 23.7 Å². The van der Waals surface area contributed by atoms with Crippen LogP contribution in [0.2, 0.25) is 0 Å². The number of esters is 1. The van der Waals surface area contributed by atoms with Crippen LogP contribution in [0.1, 0.15) is 60.6 Å². The Morgan fingerprint density at radius 1 is 0.907 bits per heavy atom. The quantitative estimate of drug-likeness (QED) is 0.115. The molecule has 2 atom stereocenters. The highest BCUT2D eigenvalue weighted by Gasteiger charge is 2.31. The van der Waals surface area contributed by atoms with Crippen molar-refractivity contribution in [2.45, 2.75) is 49.9 Å². The minimum absolute atomic E-state index is 0.0856. The third kappa shape index (κ3) is 11.4. The van der Waals surface area contributed by atoms with Gasteiger partial charge in [-0.05, 0) is 37.0 Å². The van der Waals surface area contributed by atoms with Crippen molar-refractivity contribution in [3.05, 3.63) is 47.5 Å². The molecule has 2 N–H and O–H groups in total. The second-order valence-corrected chi connectivity index (χ2v) is 12.9. The van der Waals surface area contributed by atoms with Crippen molar-refractivity contribution < 1.29 is 48.2 Å². The van der Waals surface area contributed by atoms with Gasteiger partial charge in [0, 0.05) is 29.6 Å². The lowest BCUT2D eigenvalue weighted by Gasteiger charge is -2.26. The van der Waals surface area contributed by atoms with Gasteiger partial charge in [0.25, 0.3) is 0 Å². The monoisotopic (exact) mass is 636 g/mol. The summed E-state index contributed by atoms with van der Waals surface area (Å²) in [4.78, 5) is 24.4. The molecular weight excluding hydrogens is 596 g/mol. The first-order valence-corrected chi connectivity index (χ1v) is 17.0. The summed E-state index contributed by atoms with van der Waals surface area (Å²) in [6.45, 7) is 2.70. The molecule has 2 aliphatic heterocycles. The molecule has 0 spiro atoms. The summed E-state index contributed by atoms with van der Waals surface area (Å²) in [6, 6.07) is 9.45. The lowest BCUT2D eigenvalue weighted by Crippen LogP contribution is -2.20. The largest absolute Gasteiger partial charge is 0.508 e. The van der Waals surface area contributed by atoms with Crippen LogP contribution in [0.25, 0.3) is 0 Å². The molecular formula is C31H40O10S2. The predicted molar refractivity (Wildman–Crippen MR) is 164 cm³/mol. The Hall–Kier alpha value is -2.64. The molecule has 2 aliphatic rings. The van der Waals surface area contributed by atoms with Crippen LogP contribution in [0.5, 0.6) is 23.0 Å². The first-order valence-electron chi connectivity index (χ1n) is 14.7. The average Bonchev–Trinajstić information content (AvgIpc) is 3.51. The molecule has 236 valence electrons. The molecule has 12 heteroatoms. The average molecular weight is 637 g/mol. The van der Waals surface area contributed by atoms with Gasteiger partial charge < -0.3 is 38.6 Å². The highest BCUT2D eigenvalue weighted by Crippen LogP contribution is 2.42. The zero-order valence-electron chi connectivity index (χ0n) is 24.2. The summed E-state index contributed by atoms with van der Waals surface area (Å²) in [5, 5.41) is 20.7. The van der Waals surface area contributed by atoms with Gasteiger partial charge in [-0.3, -0.25) is 9.59 Å². The number of ketones is 1. The maximum atomic E-state index is 12.6. The maximum absolute atomic E-state index is 12.6. The summed E-state index contributed by atoms with van der Waals surface area (Å²) < 4.78 is 33.3. The van der Waals surface area contributed by atoms with Crippen LogP contribution in [0.15, 0.2) is 36.4 Å². The summed E-state index contributed by atoms with van der Waals surface area (Å²) >= 11 is 0. The van der Waals surface area contributed by atoms with Crippen molar-refractivity contribution in [3.8, 4) is 23.0 Å². The molecule has 2 heterocycles. The lowest BCUT2D eigenvalue weighted by molar-refractivity contribution is -0.145. The Morgan fingerprint density at radius 3 is 2.30 bits per heavy atom. The predicted octanol–water partition coefficient (Wildman–Crippen LogP) is 5.49. The van der Waals surface area contributed by atoms with E-state index in [4.69, 9.17) is 28.4 Å². The third-order valence-corrected chi connectivity index (χ3v) is 9.86. The highest BCUT2D eigenvalue weighted by molar-refractivity contribution is 8.77. The Kier molecular flexibility index (Phi) is 14.1. The van der Waals surface area contributed by atoms with Crippen molar-refractivity contribution in [2.75, 3.05) is 58.6 Å². The number of aromatic hydroxyl groups is 2. The molecule has 0 bridgehead atoms. The number of hydrogen-bond acceptors (Lipinski definition) is 12. The number of benzene rings is 2. The van der Waals surface area contributed by atoms with E-state index >= 15 is 0 Å². The first-order chi connectivity index (χ1) is 21.0. The topological polar surface area (TPSA) is 130 Å². The number of unbranched alkanes of at least 4 members (excludes halogenated alkanes) is 1. The van der Waals surface area contributed by atoms with E-state index in [0.29, 0.717) is 51.8 Å². The minimum atomic E-state index is -0.522. The van der Waals surface area contributed by atoms with E-state index in [1.807, 2.05) is 21.6 Å². The normalized spacial score (nSPS) is 17.8. The van der Waals surface area contributed by atoms with Gasteiger partial charge in [0.05, 0.1) is 46.1 Å². The van der Waals surface area contributed by atoms with Gasteiger partial charge >= 0.3 is 5.97 Å². The molecule has 10 nitrogen and oxygen atoms in total. The number of phenolic OH excluding ortho intramolecular Hbond substituents is 2. The smallest absolute Gasteiger partial charge is 0.305 e. The fraction of sp³-hybridized carbons (Fsp3) is 0.548.